The summed E-state index contributed by atoms with van der Waals surface area (Å²) in [5.41, 5.74) is 0. The average molecular weight is 190 g/mol. The Bertz CT molecular complexity index is 165. The maximum atomic E-state index is 10.1. The summed E-state index contributed by atoms with van der Waals surface area (Å²) in [5.74, 6) is -0.0903. The van der Waals surface area contributed by atoms with Gasteiger partial charge in [-0.3, -0.25) is 4.55 Å². The fraction of sp³-hybridized carbons (Fsp3) is 1.00. The third-order valence-electron chi connectivity index (χ3n) is 1.26. The summed E-state index contributed by atoms with van der Waals surface area (Å²) in [5, 5.41) is 0. The van der Waals surface area contributed by atoms with Crippen LogP contribution in [-0.4, -0.2) is 48.3 Å². The molecule has 0 aromatic rings. The van der Waals surface area contributed by atoms with Gasteiger partial charge in [0.05, 0.1) is 5.75 Å². The van der Waals surface area contributed by atoms with Gasteiger partial charge in [0, 0.05) is 0 Å². The molecular formula is C6H15NaO3S. The molecule has 0 bridgehead atoms. The summed E-state index contributed by atoms with van der Waals surface area (Å²) in [4.78, 5) is 0. The quantitative estimate of drug-likeness (QED) is 0.396. The summed E-state index contributed by atoms with van der Waals surface area (Å²) >= 11 is 0. The van der Waals surface area contributed by atoms with Gasteiger partial charge < -0.3 is 0 Å². The Balaban J connectivity index is 0. The summed E-state index contributed by atoms with van der Waals surface area (Å²) in [6, 6.07) is 0. The Morgan fingerprint density at radius 1 is 1.18 bits per heavy atom. The van der Waals surface area contributed by atoms with E-state index in [2.05, 4.69) is 0 Å². The van der Waals surface area contributed by atoms with Gasteiger partial charge in [-0.1, -0.05) is 26.2 Å². The zero-order valence-electron chi connectivity index (χ0n) is 6.21. The fourth-order valence-corrected chi connectivity index (χ4v) is 1.28. The van der Waals surface area contributed by atoms with Gasteiger partial charge in [-0.15, -0.1) is 0 Å². The van der Waals surface area contributed by atoms with Crippen LogP contribution < -0.4 is 0 Å². The number of hydrogen-bond acceptors (Lipinski definition) is 2. The van der Waals surface area contributed by atoms with Crippen molar-refractivity contribution < 1.29 is 13.0 Å². The van der Waals surface area contributed by atoms with E-state index >= 15 is 0 Å². The molecule has 0 aromatic heterocycles. The second-order valence-corrected chi connectivity index (χ2v) is 3.92. The van der Waals surface area contributed by atoms with E-state index in [0.717, 1.165) is 19.3 Å². The summed E-state index contributed by atoms with van der Waals surface area (Å²) in [6.07, 6.45) is 3.57. The Morgan fingerprint density at radius 3 is 2.09 bits per heavy atom. The van der Waals surface area contributed by atoms with Gasteiger partial charge >= 0.3 is 29.6 Å². The summed E-state index contributed by atoms with van der Waals surface area (Å²) in [7, 11) is -3.70. The van der Waals surface area contributed by atoms with Gasteiger partial charge in [0.15, 0.2) is 0 Å². The van der Waals surface area contributed by atoms with E-state index < -0.39 is 10.1 Å². The van der Waals surface area contributed by atoms with Gasteiger partial charge in [-0.2, -0.15) is 8.42 Å². The van der Waals surface area contributed by atoms with E-state index in [1.165, 1.54) is 0 Å². The minimum absolute atomic E-state index is 0. The molecule has 64 valence electrons. The van der Waals surface area contributed by atoms with Crippen molar-refractivity contribution in [2.45, 2.75) is 32.6 Å². The number of rotatable bonds is 5. The van der Waals surface area contributed by atoms with Crippen LogP contribution in [0.2, 0.25) is 0 Å². The zero-order chi connectivity index (χ0) is 8.04. The molecule has 0 spiro atoms. The van der Waals surface area contributed by atoms with Gasteiger partial charge in [-0.05, 0) is 6.42 Å². The molecule has 1 N–H and O–H groups in total. The number of hydrogen-bond donors (Lipinski definition) is 1. The molecular weight excluding hydrogens is 175 g/mol. The predicted molar refractivity (Wildman–Crippen MR) is 47.7 cm³/mol. The average Bonchev–Trinajstić information content (AvgIpc) is 1.78. The Morgan fingerprint density at radius 2 is 1.73 bits per heavy atom. The van der Waals surface area contributed by atoms with E-state index in [0.29, 0.717) is 6.42 Å². The van der Waals surface area contributed by atoms with Crippen LogP contribution in [0.4, 0.5) is 0 Å². The first-order valence-corrected chi connectivity index (χ1v) is 5.12. The Labute approximate surface area is 90.6 Å². The first-order chi connectivity index (χ1) is 4.56. The third-order valence-corrected chi connectivity index (χ3v) is 2.06. The molecule has 0 unspecified atom stereocenters. The summed E-state index contributed by atoms with van der Waals surface area (Å²) < 4.78 is 28.6. The second kappa shape index (κ2) is 7.55. The Hall–Kier alpha value is 0.910. The van der Waals surface area contributed by atoms with Crippen LogP contribution in [-0.2, 0) is 10.1 Å². The molecule has 0 radical (unpaired) electrons. The molecule has 0 aliphatic rings. The minimum atomic E-state index is -3.70. The van der Waals surface area contributed by atoms with Crippen LogP contribution in [0.25, 0.3) is 0 Å². The van der Waals surface area contributed by atoms with Gasteiger partial charge in [0.1, 0.15) is 0 Å². The molecule has 0 aliphatic heterocycles. The van der Waals surface area contributed by atoms with Gasteiger partial charge in [0.25, 0.3) is 10.1 Å². The molecule has 0 aromatic carbocycles. The molecule has 3 nitrogen and oxygen atoms in total. The summed E-state index contributed by atoms with van der Waals surface area (Å²) in [6.45, 7) is 2.05. The Kier molecular flexibility index (Phi) is 9.91. The first-order valence-electron chi connectivity index (χ1n) is 3.51. The van der Waals surface area contributed by atoms with Crippen LogP contribution in [0, 0.1) is 0 Å². The molecule has 0 saturated heterocycles. The predicted octanol–water partition coefficient (Wildman–Crippen LogP) is 0.806. The second-order valence-electron chi connectivity index (χ2n) is 2.35. The van der Waals surface area contributed by atoms with E-state index in [1.54, 1.807) is 0 Å². The molecule has 0 fully saturated rings. The van der Waals surface area contributed by atoms with E-state index in [1.807, 2.05) is 6.92 Å². The van der Waals surface area contributed by atoms with Crippen molar-refractivity contribution in [3.8, 4) is 0 Å². The van der Waals surface area contributed by atoms with Gasteiger partial charge in [0.2, 0.25) is 0 Å². The standard InChI is InChI=1S/C6H14O3S.Na.H/c1-2-3-4-5-6-10(7,8)9;;/h2-6H2,1H3,(H,7,8,9);;. The van der Waals surface area contributed by atoms with Crippen molar-refractivity contribution in [2.24, 2.45) is 0 Å². The first kappa shape index (κ1) is 14.4. The molecule has 0 amide bonds. The zero-order valence-corrected chi connectivity index (χ0v) is 7.02. The van der Waals surface area contributed by atoms with Crippen molar-refractivity contribution in [1.82, 2.24) is 0 Å². The van der Waals surface area contributed by atoms with Crippen LogP contribution >= 0.6 is 0 Å². The number of unbranched alkanes of at least 4 members (excludes halogenated alkanes) is 3. The van der Waals surface area contributed by atoms with E-state index in [-0.39, 0.29) is 35.3 Å². The van der Waals surface area contributed by atoms with Crippen LogP contribution in [0.5, 0.6) is 0 Å². The normalized spacial score (nSPS) is 10.7. The molecule has 0 heterocycles. The van der Waals surface area contributed by atoms with E-state index in [9.17, 15) is 8.42 Å². The van der Waals surface area contributed by atoms with Crippen molar-refractivity contribution in [1.29, 1.82) is 0 Å². The van der Waals surface area contributed by atoms with Crippen LogP contribution in [0.1, 0.15) is 32.6 Å². The fourth-order valence-electron chi connectivity index (χ4n) is 0.711. The maximum absolute atomic E-state index is 10.1. The van der Waals surface area contributed by atoms with Crippen LogP contribution in [0.15, 0.2) is 0 Å². The molecule has 11 heavy (non-hydrogen) atoms. The van der Waals surface area contributed by atoms with Crippen molar-refractivity contribution in [3.63, 3.8) is 0 Å². The molecule has 0 rings (SSSR count). The van der Waals surface area contributed by atoms with Crippen molar-refractivity contribution >= 4 is 39.7 Å². The molecule has 0 atom stereocenters. The van der Waals surface area contributed by atoms with Crippen molar-refractivity contribution in [2.75, 3.05) is 5.75 Å². The molecule has 0 saturated carbocycles. The SMILES string of the molecule is CCCCCCS(=O)(=O)O.[NaH]. The molecule has 0 aliphatic carbocycles. The van der Waals surface area contributed by atoms with E-state index in [4.69, 9.17) is 4.55 Å². The third kappa shape index (κ3) is 13.8. The van der Waals surface area contributed by atoms with Crippen LogP contribution in [0.3, 0.4) is 0 Å². The monoisotopic (exact) mass is 190 g/mol. The topological polar surface area (TPSA) is 54.4 Å². The molecule has 5 heteroatoms. The van der Waals surface area contributed by atoms with Crippen molar-refractivity contribution in [3.05, 3.63) is 0 Å². The van der Waals surface area contributed by atoms with Gasteiger partial charge in [-0.25, -0.2) is 0 Å².